The number of hydrogen-bond donors (Lipinski definition) is 1. The van der Waals surface area contributed by atoms with E-state index < -0.39 is 4.92 Å². The van der Waals surface area contributed by atoms with Gasteiger partial charge in [0.2, 0.25) is 5.82 Å². The van der Waals surface area contributed by atoms with E-state index in [0.29, 0.717) is 12.2 Å². The van der Waals surface area contributed by atoms with Gasteiger partial charge in [0.05, 0.1) is 23.3 Å². The number of aromatic nitrogens is 2. The second kappa shape index (κ2) is 8.99. The van der Waals surface area contributed by atoms with Gasteiger partial charge in [-0.2, -0.15) is 5.10 Å². The van der Waals surface area contributed by atoms with Crippen LogP contribution < -0.4 is 5.43 Å². The molecule has 9 heteroatoms. The van der Waals surface area contributed by atoms with Crippen molar-refractivity contribution in [2.45, 2.75) is 20.8 Å². The zero-order valence-electron chi connectivity index (χ0n) is 16.8. The molecule has 3 aromatic rings. The lowest BCUT2D eigenvalue weighted by atomic mass is 10.2. The standard InChI is InChI=1S/C21H21N5O4/c1-4-30-21(27)16-7-5-8-18(12-16)25-14(2)11-17(15(25)3)13-23-24-20-19(26(28)29)9-6-10-22-20/h5-13H,4H2,1-3H3,(H,22,24)/b23-13+. The Morgan fingerprint density at radius 3 is 2.83 bits per heavy atom. The molecule has 0 fully saturated rings. The Morgan fingerprint density at radius 1 is 1.30 bits per heavy atom. The Kier molecular flexibility index (Phi) is 6.21. The molecule has 2 heterocycles. The molecule has 0 spiro atoms. The quantitative estimate of drug-likeness (QED) is 0.274. The highest BCUT2D eigenvalue weighted by Crippen LogP contribution is 2.22. The molecule has 1 aromatic carbocycles. The fourth-order valence-corrected chi connectivity index (χ4v) is 3.10. The maximum Gasteiger partial charge on any atom is 0.338 e. The summed E-state index contributed by atoms with van der Waals surface area (Å²) >= 11 is 0. The molecule has 3 rings (SSSR count). The molecule has 154 valence electrons. The smallest absolute Gasteiger partial charge is 0.338 e. The van der Waals surface area contributed by atoms with Crippen LogP contribution in [0, 0.1) is 24.0 Å². The Balaban J connectivity index is 1.86. The molecule has 0 saturated carbocycles. The minimum atomic E-state index is -0.521. The first-order chi connectivity index (χ1) is 14.4. The summed E-state index contributed by atoms with van der Waals surface area (Å²) in [4.78, 5) is 26.5. The third-order valence-electron chi connectivity index (χ3n) is 4.44. The van der Waals surface area contributed by atoms with E-state index in [4.69, 9.17) is 4.74 Å². The third kappa shape index (κ3) is 4.35. The summed E-state index contributed by atoms with van der Waals surface area (Å²) in [6, 6.07) is 12.0. The van der Waals surface area contributed by atoms with Gasteiger partial charge in [0.25, 0.3) is 0 Å². The molecule has 0 aliphatic heterocycles. The van der Waals surface area contributed by atoms with Crippen LogP contribution in [0.15, 0.2) is 53.8 Å². The molecule has 2 aromatic heterocycles. The number of hydrazone groups is 1. The zero-order chi connectivity index (χ0) is 21.7. The lowest BCUT2D eigenvalue weighted by molar-refractivity contribution is -0.384. The predicted octanol–water partition coefficient (Wildman–Crippen LogP) is 4.02. The van der Waals surface area contributed by atoms with Crippen LogP contribution >= 0.6 is 0 Å². The summed E-state index contributed by atoms with van der Waals surface area (Å²) in [6.45, 7) is 5.95. The fraction of sp³-hybridized carbons (Fsp3) is 0.190. The van der Waals surface area contributed by atoms with Gasteiger partial charge in [-0.3, -0.25) is 15.5 Å². The summed E-state index contributed by atoms with van der Waals surface area (Å²) in [7, 11) is 0. The number of benzene rings is 1. The second-order valence-electron chi connectivity index (χ2n) is 6.43. The van der Waals surface area contributed by atoms with Crippen molar-refractivity contribution in [3.8, 4) is 5.69 Å². The van der Waals surface area contributed by atoms with E-state index in [1.807, 2.05) is 30.5 Å². The molecular weight excluding hydrogens is 386 g/mol. The molecule has 1 N–H and O–H groups in total. The highest BCUT2D eigenvalue weighted by atomic mass is 16.6. The minimum Gasteiger partial charge on any atom is -0.462 e. The van der Waals surface area contributed by atoms with Crippen molar-refractivity contribution in [3.63, 3.8) is 0 Å². The first-order valence-electron chi connectivity index (χ1n) is 9.27. The van der Waals surface area contributed by atoms with Gasteiger partial charge >= 0.3 is 11.7 Å². The van der Waals surface area contributed by atoms with Gasteiger partial charge in [-0.05, 0) is 51.1 Å². The molecule has 0 radical (unpaired) electrons. The predicted molar refractivity (Wildman–Crippen MR) is 113 cm³/mol. The van der Waals surface area contributed by atoms with E-state index in [-0.39, 0.29) is 17.5 Å². The number of aryl methyl sites for hydroxylation is 1. The number of hydrogen-bond acceptors (Lipinski definition) is 7. The van der Waals surface area contributed by atoms with Gasteiger partial charge in [0.15, 0.2) is 0 Å². The van der Waals surface area contributed by atoms with Crippen molar-refractivity contribution in [2.75, 3.05) is 12.0 Å². The van der Waals surface area contributed by atoms with Crippen LogP contribution in [0.5, 0.6) is 0 Å². The van der Waals surface area contributed by atoms with Gasteiger partial charge in [0.1, 0.15) is 0 Å². The third-order valence-corrected chi connectivity index (χ3v) is 4.44. The molecule has 0 unspecified atom stereocenters. The first kappa shape index (κ1) is 20.7. The Bertz CT molecular complexity index is 1120. The molecule has 0 amide bonds. The normalized spacial score (nSPS) is 10.9. The van der Waals surface area contributed by atoms with E-state index in [9.17, 15) is 14.9 Å². The molecule has 9 nitrogen and oxygen atoms in total. The molecule has 0 aliphatic rings. The van der Waals surface area contributed by atoms with Crippen molar-refractivity contribution < 1.29 is 14.5 Å². The van der Waals surface area contributed by atoms with Crippen LogP contribution in [0.1, 0.15) is 34.2 Å². The molecule has 0 saturated heterocycles. The highest BCUT2D eigenvalue weighted by molar-refractivity contribution is 5.90. The lowest BCUT2D eigenvalue weighted by Crippen LogP contribution is -2.06. The Hall–Kier alpha value is -4.01. The van der Waals surface area contributed by atoms with Gasteiger partial charge in [0, 0.05) is 34.9 Å². The largest absolute Gasteiger partial charge is 0.462 e. The number of carbonyl (C=O) groups excluding carboxylic acids is 1. The van der Waals surface area contributed by atoms with E-state index in [1.54, 1.807) is 31.3 Å². The number of esters is 1. The Labute approximate surface area is 173 Å². The molecule has 0 atom stereocenters. The number of nitrogens with zero attached hydrogens (tertiary/aromatic N) is 4. The summed E-state index contributed by atoms with van der Waals surface area (Å²) in [6.07, 6.45) is 3.03. The van der Waals surface area contributed by atoms with Crippen LogP contribution in [0.25, 0.3) is 5.69 Å². The van der Waals surface area contributed by atoms with Crippen LogP contribution in [-0.2, 0) is 4.74 Å². The van der Waals surface area contributed by atoms with Gasteiger partial charge in [-0.1, -0.05) is 6.07 Å². The molecule has 30 heavy (non-hydrogen) atoms. The van der Waals surface area contributed by atoms with Crippen LogP contribution in [-0.4, -0.2) is 33.3 Å². The zero-order valence-corrected chi connectivity index (χ0v) is 16.8. The molecular formula is C21H21N5O4. The van der Waals surface area contributed by atoms with E-state index in [1.165, 1.54) is 18.3 Å². The SMILES string of the molecule is CCOC(=O)c1cccc(-n2c(C)cc(/C=N/Nc3ncccc3[N+](=O)[O-])c2C)c1. The molecule has 0 bridgehead atoms. The van der Waals surface area contributed by atoms with Crippen molar-refractivity contribution in [1.82, 2.24) is 9.55 Å². The summed E-state index contributed by atoms with van der Waals surface area (Å²) in [5.74, 6) is -0.306. The number of anilines is 1. The average molecular weight is 407 g/mol. The maximum atomic E-state index is 12.0. The fourth-order valence-electron chi connectivity index (χ4n) is 3.10. The van der Waals surface area contributed by atoms with Crippen molar-refractivity contribution in [2.24, 2.45) is 5.10 Å². The van der Waals surface area contributed by atoms with Crippen LogP contribution in [0.2, 0.25) is 0 Å². The number of pyridine rings is 1. The second-order valence-corrected chi connectivity index (χ2v) is 6.43. The van der Waals surface area contributed by atoms with Crippen molar-refractivity contribution in [1.29, 1.82) is 0 Å². The summed E-state index contributed by atoms with van der Waals surface area (Å²) in [5.41, 5.74) is 6.42. The average Bonchev–Trinajstić information content (AvgIpc) is 3.01. The topological polar surface area (TPSA) is 112 Å². The highest BCUT2D eigenvalue weighted by Gasteiger charge is 2.14. The Morgan fingerprint density at radius 2 is 2.10 bits per heavy atom. The van der Waals surface area contributed by atoms with E-state index >= 15 is 0 Å². The first-order valence-corrected chi connectivity index (χ1v) is 9.27. The van der Waals surface area contributed by atoms with Crippen LogP contribution in [0.3, 0.4) is 0 Å². The monoisotopic (exact) mass is 407 g/mol. The van der Waals surface area contributed by atoms with E-state index in [2.05, 4.69) is 15.5 Å². The van der Waals surface area contributed by atoms with Gasteiger partial charge in [-0.15, -0.1) is 0 Å². The lowest BCUT2D eigenvalue weighted by Gasteiger charge is -2.11. The number of rotatable bonds is 7. The van der Waals surface area contributed by atoms with Gasteiger partial charge < -0.3 is 9.30 Å². The van der Waals surface area contributed by atoms with Crippen LogP contribution in [0.4, 0.5) is 11.5 Å². The minimum absolute atomic E-state index is 0.0645. The van der Waals surface area contributed by atoms with E-state index in [0.717, 1.165) is 22.6 Å². The number of carbonyl (C=O) groups is 1. The molecule has 0 aliphatic carbocycles. The number of nitrogens with one attached hydrogen (secondary N) is 1. The summed E-state index contributed by atoms with van der Waals surface area (Å²) < 4.78 is 7.07. The maximum absolute atomic E-state index is 12.0. The summed E-state index contributed by atoms with van der Waals surface area (Å²) in [5, 5.41) is 15.2. The number of ether oxygens (including phenoxy) is 1. The van der Waals surface area contributed by atoms with Gasteiger partial charge in [-0.25, -0.2) is 9.78 Å². The number of nitro groups is 1. The van der Waals surface area contributed by atoms with Crippen molar-refractivity contribution in [3.05, 3.63) is 81.3 Å². The van der Waals surface area contributed by atoms with Crippen molar-refractivity contribution >= 4 is 23.7 Å².